The Morgan fingerprint density at radius 3 is 2.23 bits per heavy atom. The second kappa shape index (κ2) is 20.5. The van der Waals surface area contributed by atoms with Crippen molar-refractivity contribution in [2.45, 2.75) is 206 Å². The lowest BCUT2D eigenvalue weighted by Gasteiger charge is -2.55. The van der Waals surface area contributed by atoms with Crippen LogP contribution in [0.3, 0.4) is 0 Å². The van der Waals surface area contributed by atoms with E-state index in [1.165, 1.54) is 0 Å². The average molecular weight is 895 g/mol. The molecule has 2 spiro atoms. The molecule has 0 aromatic rings. The summed E-state index contributed by atoms with van der Waals surface area (Å²) in [5.41, 5.74) is -1.71. The zero-order valence-corrected chi connectivity index (χ0v) is 40.0. The van der Waals surface area contributed by atoms with Gasteiger partial charge in [0.25, 0.3) is 0 Å². The van der Waals surface area contributed by atoms with Gasteiger partial charge in [-0.3, -0.25) is 14.4 Å². The molecule has 5 aliphatic rings. The predicted molar refractivity (Wildman–Crippen MR) is 237 cm³/mol. The molecule has 0 aromatic heterocycles. The van der Waals surface area contributed by atoms with E-state index in [0.717, 1.165) is 6.42 Å². The van der Waals surface area contributed by atoms with Crippen molar-refractivity contribution in [1.29, 1.82) is 0 Å². The molecule has 0 amide bonds. The number of aliphatic hydroxyl groups excluding tert-OH is 1. The van der Waals surface area contributed by atoms with Crippen LogP contribution in [-0.2, 0) is 42.8 Å². The topological polar surface area (TPSA) is 191 Å². The molecule has 354 valence electrons. The van der Waals surface area contributed by atoms with Gasteiger partial charge >= 0.3 is 11.9 Å². The highest BCUT2D eigenvalue weighted by Crippen LogP contribution is 2.54. The number of carboxylic acids is 1. The Labute approximate surface area is 375 Å². The van der Waals surface area contributed by atoms with E-state index in [-0.39, 0.29) is 47.9 Å². The predicted octanol–water partition coefficient (Wildman–Crippen LogP) is 6.22. The highest BCUT2D eigenvalue weighted by Gasteiger charge is 2.63. The molecular weight excluding hydrogens is 817 g/mol. The monoisotopic (exact) mass is 895 g/mol. The fourth-order valence-corrected chi connectivity index (χ4v) is 11.4. The fourth-order valence-electron chi connectivity index (χ4n) is 11.2. The van der Waals surface area contributed by atoms with Crippen LogP contribution in [0.25, 0.3) is 0 Å². The van der Waals surface area contributed by atoms with Crippen molar-refractivity contribution >= 4 is 35.1 Å². The summed E-state index contributed by atoms with van der Waals surface area (Å²) in [5.74, 6) is -6.44. The fraction of sp³-hybridized carbons (Fsp3) is 0.872. The van der Waals surface area contributed by atoms with Crippen LogP contribution in [0.1, 0.15) is 140 Å². The number of ketones is 1. The third kappa shape index (κ3) is 10.4. The van der Waals surface area contributed by atoms with Crippen LogP contribution in [0.5, 0.6) is 0 Å². The van der Waals surface area contributed by atoms with Crippen molar-refractivity contribution < 1.29 is 58.1 Å². The number of thiocarbonyl (C=S) groups is 1. The second-order valence-electron chi connectivity index (χ2n) is 19.6. The Morgan fingerprint density at radius 1 is 0.919 bits per heavy atom. The van der Waals surface area contributed by atoms with Gasteiger partial charge in [-0.15, -0.1) is 0 Å². The molecule has 62 heavy (non-hydrogen) atoms. The van der Waals surface area contributed by atoms with Gasteiger partial charge < -0.3 is 54.4 Å². The zero-order chi connectivity index (χ0) is 45.9. The molecule has 0 bridgehead atoms. The Balaban J connectivity index is 1.39. The largest absolute Gasteiger partial charge is 0.481 e. The Hall–Kier alpha value is -2.24. The first-order valence-electron chi connectivity index (χ1n) is 23.6. The van der Waals surface area contributed by atoms with E-state index >= 15 is 0 Å². The number of Topliss-reactive ketones (excluding diaryl/α,β-unsaturated/α-hetero) is 1. The van der Waals surface area contributed by atoms with Crippen LogP contribution in [0.15, 0.2) is 12.2 Å². The first kappa shape index (κ1) is 50.8. The first-order valence-corrected chi connectivity index (χ1v) is 24.0. The quantitative estimate of drug-likeness (QED) is 0.0666. The number of rotatable bonds is 16. The highest BCUT2D eigenvalue weighted by atomic mass is 32.1. The van der Waals surface area contributed by atoms with Gasteiger partial charge in [-0.1, -0.05) is 61.5 Å². The standard InChI is InChI=1S/C47H78N2O12S/c1-12-32(42(53)54)34-17-16-26(5)40(58-34)30(9)38(51)29(8)39(52)33(13-2)41-27(6)24-28(7)46(59-41)21-18-35(49-43(62)48-25-37(50)56-15-4)47(61-46)23-22-44(11,60-47)36-19-20-45(55,14-3)31(10)57-36/h18,21,26-36,38,40-41,51,55H,12-17,19-20,22-25H2,1-11H3,(H,53,54)(H2,48,49,62)/t26-,27-,28+,29-,30-,31-,32+,33-,34+,35+,36+,38+,40+,41-,44-,45+,46-,47-/m0/s1. The molecule has 4 fully saturated rings. The molecule has 4 saturated heterocycles. The van der Waals surface area contributed by atoms with E-state index in [0.29, 0.717) is 57.8 Å². The van der Waals surface area contributed by atoms with Crippen LogP contribution < -0.4 is 10.6 Å². The number of nitrogens with one attached hydrogen (secondary N) is 2. The van der Waals surface area contributed by atoms with Gasteiger partial charge in [0.15, 0.2) is 16.7 Å². The minimum atomic E-state index is -1.31. The van der Waals surface area contributed by atoms with Crippen molar-refractivity contribution in [3.63, 3.8) is 0 Å². The molecule has 5 heterocycles. The van der Waals surface area contributed by atoms with Crippen molar-refractivity contribution in [3.8, 4) is 0 Å². The number of aliphatic hydroxyl groups is 2. The molecule has 15 heteroatoms. The van der Waals surface area contributed by atoms with Crippen LogP contribution in [0.4, 0.5) is 0 Å². The normalized spacial score (nSPS) is 40.9. The van der Waals surface area contributed by atoms with Crippen molar-refractivity contribution in [2.24, 2.45) is 41.4 Å². The molecule has 5 aliphatic heterocycles. The zero-order valence-electron chi connectivity index (χ0n) is 39.1. The van der Waals surface area contributed by atoms with Gasteiger partial charge in [0.1, 0.15) is 18.4 Å². The molecular formula is C47H78N2O12S. The van der Waals surface area contributed by atoms with E-state index < -0.39 is 94.9 Å². The third-order valence-electron chi connectivity index (χ3n) is 15.5. The smallest absolute Gasteiger partial charge is 0.325 e. The second-order valence-corrected chi connectivity index (χ2v) is 20.0. The van der Waals surface area contributed by atoms with E-state index in [2.05, 4.69) is 31.4 Å². The van der Waals surface area contributed by atoms with Crippen LogP contribution in [0.2, 0.25) is 0 Å². The number of carbonyl (C=O) groups is 3. The number of aliphatic carboxylic acids is 1. The number of ether oxygens (including phenoxy) is 6. The third-order valence-corrected chi connectivity index (χ3v) is 15.7. The number of hydrogen-bond acceptors (Lipinski definition) is 12. The summed E-state index contributed by atoms with van der Waals surface area (Å²) in [6.45, 7) is 21.5. The van der Waals surface area contributed by atoms with Crippen molar-refractivity contribution in [1.82, 2.24) is 10.6 Å². The molecule has 5 rings (SSSR count). The first-order chi connectivity index (χ1) is 29.1. The van der Waals surface area contributed by atoms with E-state index in [4.69, 9.17) is 40.6 Å². The highest BCUT2D eigenvalue weighted by molar-refractivity contribution is 7.80. The molecule has 18 atom stereocenters. The van der Waals surface area contributed by atoms with Crippen molar-refractivity contribution in [2.75, 3.05) is 13.2 Å². The molecule has 0 saturated carbocycles. The summed E-state index contributed by atoms with van der Waals surface area (Å²) in [7, 11) is 0. The summed E-state index contributed by atoms with van der Waals surface area (Å²) < 4.78 is 39.7. The van der Waals surface area contributed by atoms with Crippen LogP contribution in [0, 0.1) is 41.4 Å². The van der Waals surface area contributed by atoms with E-state index in [1.807, 2.05) is 53.7 Å². The lowest BCUT2D eigenvalue weighted by Crippen LogP contribution is -2.66. The maximum absolute atomic E-state index is 14.7. The summed E-state index contributed by atoms with van der Waals surface area (Å²) in [4.78, 5) is 38.9. The number of hydrogen-bond donors (Lipinski definition) is 5. The Morgan fingerprint density at radius 2 is 1.61 bits per heavy atom. The number of carbonyl (C=O) groups excluding carboxylic acids is 2. The minimum absolute atomic E-state index is 0.0246. The van der Waals surface area contributed by atoms with Gasteiger partial charge in [-0.2, -0.15) is 0 Å². The lowest BCUT2D eigenvalue weighted by molar-refractivity contribution is -0.397. The molecule has 14 nitrogen and oxygen atoms in total. The molecule has 5 N–H and O–H groups in total. The summed E-state index contributed by atoms with van der Waals surface area (Å²) >= 11 is 5.67. The van der Waals surface area contributed by atoms with Gasteiger partial charge in [0, 0.05) is 30.1 Å². The SMILES string of the molecule is CCOC(=O)CNC(=S)N[C@@H]1C=C[C@]2(O[C@H]([C@@H](CC)C(=O)[C@@H](C)[C@@H](O)[C@H](C)[C@@H]3O[C@@H]([C@@H](CC)C(=O)O)CC[C@@H]3C)[C@@H](C)C[C@H]2C)O[C@@]12CC[C@@](C)([C@H]1CC[C@](O)(CC)[C@H](C)O1)O2. The van der Waals surface area contributed by atoms with Gasteiger partial charge in [0.2, 0.25) is 0 Å². The maximum atomic E-state index is 14.7. The summed E-state index contributed by atoms with van der Waals surface area (Å²) in [6.07, 6.45) is 6.55. The minimum Gasteiger partial charge on any atom is -0.481 e. The maximum Gasteiger partial charge on any atom is 0.325 e. The van der Waals surface area contributed by atoms with Crippen LogP contribution in [-0.4, -0.2) is 117 Å². The Bertz CT molecular complexity index is 1620. The lowest BCUT2D eigenvalue weighted by atomic mass is 9.72. The van der Waals surface area contributed by atoms with Gasteiger partial charge in [-0.05, 0) is 109 Å². The molecule has 0 aliphatic carbocycles. The summed E-state index contributed by atoms with van der Waals surface area (Å²) in [6, 6.07) is -0.605. The van der Waals surface area contributed by atoms with E-state index in [1.54, 1.807) is 13.8 Å². The number of esters is 1. The van der Waals surface area contributed by atoms with Crippen molar-refractivity contribution in [3.05, 3.63) is 12.2 Å². The number of carboxylic acid groups (broad SMARTS) is 1. The average Bonchev–Trinajstić information content (AvgIpc) is 3.57. The molecule has 0 aromatic carbocycles. The summed E-state index contributed by atoms with van der Waals surface area (Å²) in [5, 5.41) is 39.5. The Kier molecular flexibility index (Phi) is 16.8. The van der Waals surface area contributed by atoms with Crippen LogP contribution >= 0.6 is 12.2 Å². The molecule has 0 radical (unpaired) electrons. The molecule has 0 unspecified atom stereocenters. The van der Waals surface area contributed by atoms with Gasteiger partial charge in [0.05, 0.1) is 60.4 Å². The van der Waals surface area contributed by atoms with E-state index in [9.17, 15) is 29.7 Å². The van der Waals surface area contributed by atoms with Gasteiger partial charge in [-0.25, -0.2) is 0 Å².